The van der Waals surface area contributed by atoms with Crippen LogP contribution in [0.25, 0.3) is 0 Å². The number of hydrogen-bond donors (Lipinski definition) is 3. The van der Waals surface area contributed by atoms with Gasteiger partial charge in [0.15, 0.2) is 0 Å². The molecule has 0 unspecified atom stereocenters. The van der Waals surface area contributed by atoms with Crippen LogP contribution in [0.5, 0.6) is 0 Å². The van der Waals surface area contributed by atoms with Gasteiger partial charge in [-0.05, 0) is 24.3 Å². The van der Waals surface area contributed by atoms with E-state index < -0.39 is 23.6 Å². The van der Waals surface area contributed by atoms with Gasteiger partial charge in [-0.25, -0.2) is 0 Å². The second-order valence-corrected chi connectivity index (χ2v) is 4.23. The molecule has 0 saturated carbocycles. The maximum Gasteiger partial charge on any atom is 0.251 e. The van der Waals surface area contributed by atoms with E-state index in [0.717, 1.165) is 0 Å². The minimum absolute atomic E-state index is 0.194. The highest BCUT2D eigenvalue weighted by Gasteiger charge is 2.34. The van der Waals surface area contributed by atoms with Crippen LogP contribution in [0.3, 0.4) is 0 Å². The van der Waals surface area contributed by atoms with Gasteiger partial charge in [-0.1, -0.05) is 11.6 Å². The van der Waals surface area contributed by atoms with Crippen LogP contribution in [0.4, 0.5) is 5.69 Å². The highest BCUT2D eigenvalue weighted by molar-refractivity contribution is 6.30. The van der Waals surface area contributed by atoms with Crippen molar-refractivity contribution in [2.75, 3.05) is 5.32 Å². The Hall–Kier alpha value is -2.08. The molecule has 6 nitrogen and oxygen atoms in total. The second kappa shape index (κ2) is 5.05. The minimum atomic E-state index is -0.975. The van der Waals surface area contributed by atoms with E-state index in [1.807, 2.05) is 0 Å². The summed E-state index contributed by atoms with van der Waals surface area (Å²) in [5.41, 5.74) is 4.88. The third-order valence-corrected chi connectivity index (χ3v) is 2.71. The fraction of sp³-hybridized carbons (Fsp3) is 0.182. The first-order valence-electron chi connectivity index (χ1n) is 5.21. The van der Waals surface area contributed by atoms with E-state index in [1.54, 1.807) is 24.3 Å². The van der Waals surface area contributed by atoms with Crippen molar-refractivity contribution >= 4 is 35.0 Å². The van der Waals surface area contributed by atoms with Crippen LogP contribution in [0.1, 0.15) is 6.42 Å². The Kier molecular flexibility index (Phi) is 3.47. The summed E-state index contributed by atoms with van der Waals surface area (Å²) < 4.78 is 0. The summed E-state index contributed by atoms with van der Waals surface area (Å²) in [7, 11) is 0. The van der Waals surface area contributed by atoms with Crippen molar-refractivity contribution in [2.24, 2.45) is 5.92 Å². The first-order chi connectivity index (χ1) is 8.56. The number of amides is 3. The van der Waals surface area contributed by atoms with E-state index in [-0.39, 0.29) is 6.42 Å². The maximum absolute atomic E-state index is 11.6. The molecule has 1 heterocycles. The average molecular weight is 268 g/mol. The Morgan fingerprint density at radius 3 is 2.28 bits per heavy atom. The molecule has 3 amide bonds. The van der Waals surface area contributed by atoms with Crippen molar-refractivity contribution < 1.29 is 14.4 Å². The lowest BCUT2D eigenvalue weighted by atomic mass is 10.1. The minimum Gasteiger partial charge on any atom is -0.326 e. The number of hydrogen-bond acceptors (Lipinski definition) is 3. The molecular weight excluding hydrogens is 258 g/mol. The van der Waals surface area contributed by atoms with Gasteiger partial charge in [0.05, 0.1) is 0 Å². The van der Waals surface area contributed by atoms with Crippen LogP contribution in [-0.4, -0.2) is 17.7 Å². The predicted molar refractivity (Wildman–Crippen MR) is 64.5 cm³/mol. The molecule has 0 radical (unpaired) electrons. The highest BCUT2D eigenvalue weighted by Crippen LogP contribution is 2.15. The summed E-state index contributed by atoms with van der Waals surface area (Å²) >= 11 is 5.71. The normalized spacial score (nSPS) is 15.2. The van der Waals surface area contributed by atoms with Gasteiger partial charge in [-0.3, -0.25) is 25.2 Å². The number of hydrazine groups is 1. The van der Waals surface area contributed by atoms with Crippen molar-refractivity contribution in [3.05, 3.63) is 29.3 Å². The Morgan fingerprint density at radius 1 is 1.17 bits per heavy atom. The first kappa shape index (κ1) is 12.4. The molecule has 7 heteroatoms. The third-order valence-electron chi connectivity index (χ3n) is 2.46. The van der Waals surface area contributed by atoms with Crippen LogP contribution >= 0.6 is 11.6 Å². The van der Waals surface area contributed by atoms with Gasteiger partial charge in [0.1, 0.15) is 5.92 Å². The average Bonchev–Trinajstić information content (AvgIpc) is 2.64. The van der Waals surface area contributed by atoms with Gasteiger partial charge in [0.2, 0.25) is 5.91 Å². The smallest absolute Gasteiger partial charge is 0.251 e. The molecule has 0 spiro atoms. The molecular formula is C11H10ClN3O3. The number of halogens is 1. The van der Waals surface area contributed by atoms with Crippen molar-refractivity contribution in [2.45, 2.75) is 6.42 Å². The zero-order chi connectivity index (χ0) is 13.1. The van der Waals surface area contributed by atoms with Gasteiger partial charge in [-0.2, -0.15) is 0 Å². The van der Waals surface area contributed by atoms with Gasteiger partial charge in [0.25, 0.3) is 11.8 Å². The van der Waals surface area contributed by atoms with E-state index in [1.165, 1.54) is 0 Å². The van der Waals surface area contributed by atoms with E-state index in [4.69, 9.17) is 11.6 Å². The number of nitrogens with one attached hydrogen (secondary N) is 3. The van der Waals surface area contributed by atoms with Crippen molar-refractivity contribution in [3.8, 4) is 0 Å². The molecule has 2 rings (SSSR count). The molecule has 0 bridgehead atoms. The number of rotatable bonds is 3. The molecule has 94 valence electrons. The molecule has 1 aromatic carbocycles. The number of anilines is 1. The lowest BCUT2D eigenvalue weighted by molar-refractivity contribution is -0.131. The van der Waals surface area contributed by atoms with Crippen LogP contribution < -0.4 is 16.2 Å². The first-order valence-corrected chi connectivity index (χ1v) is 5.59. The van der Waals surface area contributed by atoms with Crippen LogP contribution in [0.15, 0.2) is 24.3 Å². The summed E-state index contributed by atoms with van der Waals surface area (Å²) in [5, 5.41) is 3.14. The van der Waals surface area contributed by atoms with Gasteiger partial charge >= 0.3 is 0 Å². The molecule has 1 aliphatic heterocycles. The highest BCUT2D eigenvalue weighted by atomic mass is 35.5. The van der Waals surface area contributed by atoms with Gasteiger partial charge in [-0.15, -0.1) is 0 Å². The summed E-state index contributed by atoms with van der Waals surface area (Å²) in [6.45, 7) is 0. The van der Waals surface area contributed by atoms with E-state index in [0.29, 0.717) is 10.7 Å². The van der Waals surface area contributed by atoms with Crippen LogP contribution in [0, 0.1) is 5.92 Å². The van der Waals surface area contributed by atoms with E-state index in [2.05, 4.69) is 16.2 Å². The lowest BCUT2D eigenvalue weighted by Crippen LogP contribution is -2.28. The fourth-order valence-corrected chi connectivity index (χ4v) is 1.66. The standard InChI is InChI=1S/C11H10ClN3O3/c12-6-1-3-7(4-2-6)13-9(16)5-8-10(17)14-15-11(8)18/h1-4,8H,5H2,(H,13,16)(H,14,17)(H,15,18). The maximum atomic E-state index is 11.6. The summed E-state index contributed by atoms with van der Waals surface area (Å²) in [6, 6.07) is 6.53. The molecule has 1 saturated heterocycles. The summed E-state index contributed by atoms with van der Waals surface area (Å²) in [5.74, 6) is -2.37. The monoisotopic (exact) mass is 267 g/mol. The lowest BCUT2D eigenvalue weighted by Gasteiger charge is -2.06. The molecule has 0 aliphatic carbocycles. The Bertz CT molecular complexity index is 485. The fourth-order valence-electron chi connectivity index (χ4n) is 1.53. The third kappa shape index (κ3) is 2.78. The van der Waals surface area contributed by atoms with Gasteiger partial charge < -0.3 is 5.32 Å². The Labute approximate surface area is 108 Å². The molecule has 1 aliphatic rings. The van der Waals surface area contributed by atoms with Crippen LogP contribution in [0.2, 0.25) is 5.02 Å². The van der Waals surface area contributed by atoms with Crippen molar-refractivity contribution in [1.29, 1.82) is 0 Å². The quantitative estimate of drug-likeness (QED) is 0.695. The Morgan fingerprint density at radius 2 is 1.72 bits per heavy atom. The molecule has 18 heavy (non-hydrogen) atoms. The van der Waals surface area contributed by atoms with E-state index >= 15 is 0 Å². The van der Waals surface area contributed by atoms with Gasteiger partial charge in [0, 0.05) is 17.1 Å². The molecule has 0 aromatic heterocycles. The molecule has 1 aromatic rings. The van der Waals surface area contributed by atoms with Crippen molar-refractivity contribution in [1.82, 2.24) is 10.9 Å². The largest absolute Gasteiger partial charge is 0.326 e. The molecule has 3 N–H and O–H groups in total. The molecule has 1 fully saturated rings. The van der Waals surface area contributed by atoms with Crippen LogP contribution in [-0.2, 0) is 14.4 Å². The number of carbonyl (C=O) groups is 3. The zero-order valence-electron chi connectivity index (χ0n) is 9.20. The predicted octanol–water partition coefficient (Wildman–Crippen LogP) is 0.446. The SMILES string of the molecule is O=C(CC1C(=O)NNC1=O)Nc1ccc(Cl)cc1. The number of carbonyl (C=O) groups excluding carboxylic acids is 3. The molecule has 0 atom stereocenters. The summed E-state index contributed by atoms with van der Waals surface area (Å²) in [4.78, 5) is 34.1. The Balaban J connectivity index is 1.94. The van der Waals surface area contributed by atoms with Crippen molar-refractivity contribution in [3.63, 3.8) is 0 Å². The zero-order valence-corrected chi connectivity index (χ0v) is 9.95. The summed E-state index contributed by atoms with van der Waals surface area (Å²) in [6.07, 6.45) is -0.194. The topological polar surface area (TPSA) is 87.3 Å². The second-order valence-electron chi connectivity index (χ2n) is 3.79. The number of benzene rings is 1. The van der Waals surface area contributed by atoms with E-state index in [9.17, 15) is 14.4 Å².